The Bertz CT molecular complexity index is 384. The maximum atomic E-state index is 12.6. The standard InChI is InChI=1S/C13H15FO3/c1-17-13(16)5-3-2-4-12(15)10-6-8-11(14)9-7-10/h6-9H,2-5H2,1H3. The minimum Gasteiger partial charge on any atom is -0.469 e. The molecular formula is C13H15FO3. The van der Waals surface area contributed by atoms with Crippen LogP contribution in [0.2, 0.25) is 0 Å². The Labute approximate surface area is 99.6 Å². The molecule has 0 aliphatic carbocycles. The van der Waals surface area contributed by atoms with E-state index in [1.54, 1.807) is 0 Å². The molecule has 92 valence electrons. The molecule has 0 fully saturated rings. The van der Waals surface area contributed by atoms with Crippen molar-refractivity contribution >= 4 is 11.8 Å². The lowest BCUT2D eigenvalue weighted by Gasteiger charge is -2.01. The molecule has 17 heavy (non-hydrogen) atoms. The first-order valence-electron chi connectivity index (χ1n) is 5.49. The zero-order valence-corrected chi connectivity index (χ0v) is 9.74. The number of esters is 1. The number of unbranched alkanes of at least 4 members (excludes halogenated alkanes) is 1. The smallest absolute Gasteiger partial charge is 0.305 e. The average molecular weight is 238 g/mol. The van der Waals surface area contributed by atoms with Crippen molar-refractivity contribution in [2.45, 2.75) is 25.7 Å². The summed E-state index contributed by atoms with van der Waals surface area (Å²) in [6.07, 6.45) is 1.95. The van der Waals surface area contributed by atoms with Crippen LogP contribution in [0.3, 0.4) is 0 Å². The average Bonchev–Trinajstić information content (AvgIpc) is 2.34. The van der Waals surface area contributed by atoms with E-state index in [0.717, 1.165) is 0 Å². The molecule has 0 amide bonds. The maximum absolute atomic E-state index is 12.6. The van der Waals surface area contributed by atoms with Crippen LogP contribution in [-0.2, 0) is 9.53 Å². The summed E-state index contributed by atoms with van der Waals surface area (Å²) in [7, 11) is 1.34. The molecule has 0 unspecified atom stereocenters. The highest BCUT2D eigenvalue weighted by Crippen LogP contribution is 2.09. The third-order valence-electron chi connectivity index (χ3n) is 2.43. The summed E-state index contributed by atoms with van der Waals surface area (Å²) in [6.45, 7) is 0. The first kappa shape index (κ1) is 13.4. The predicted octanol–water partition coefficient (Wildman–Crippen LogP) is 2.74. The molecule has 0 bridgehead atoms. The number of rotatable bonds is 6. The lowest BCUT2D eigenvalue weighted by Crippen LogP contribution is -2.02. The van der Waals surface area contributed by atoms with Gasteiger partial charge in [-0.25, -0.2) is 4.39 Å². The molecule has 0 aliphatic rings. The molecule has 0 aliphatic heterocycles. The van der Waals surface area contributed by atoms with Gasteiger partial charge in [0.2, 0.25) is 0 Å². The van der Waals surface area contributed by atoms with E-state index in [0.29, 0.717) is 31.2 Å². The third-order valence-corrected chi connectivity index (χ3v) is 2.43. The zero-order valence-electron chi connectivity index (χ0n) is 9.74. The SMILES string of the molecule is COC(=O)CCCCC(=O)c1ccc(F)cc1. The lowest BCUT2D eigenvalue weighted by molar-refractivity contribution is -0.140. The Balaban J connectivity index is 2.30. The van der Waals surface area contributed by atoms with Crippen LogP contribution < -0.4 is 0 Å². The Kier molecular flexibility index (Phi) is 5.33. The van der Waals surface area contributed by atoms with E-state index in [1.165, 1.54) is 31.4 Å². The van der Waals surface area contributed by atoms with Gasteiger partial charge >= 0.3 is 5.97 Å². The van der Waals surface area contributed by atoms with E-state index < -0.39 is 0 Å². The second-order valence-corrected chi connectivity index (χ2v) is 3.71. The zero-order chi connectivity index (χ0) is 12.7. The Morgan fingerprint density at radius 3 is 2.29 bits per heavy atom. The van der Waals surface area contributed by atoms with E-state index in [1.807, 2.05) is 0 Å². The van der Waals surface area contributed by atoms with Crippen molar-refractivity contribution in [1.82, 2.24) is 0 Å². The summed E-state index contributed by atoms with van der Waals surface area (Å²) in [4.78, 5) is 22.4. The van der Waals surface area contributed by atoms with Gasteiger partial charge in [-0.2, -0.15) is 0 Å². The van der Waals surface area contributed by atoms with Crippen molar-refractivity contribution in [2.75, 3.05) is 7.11 Å². The van der Waals surface area contributed by atoms with Gasteiger partial charge in [0.25, 0.3) is 0 Å². The molecule has 0 radical (unpaired) electrons. The van der Waals surface area contributed by atoms with Crippen molar-refractivity contribution in [1.29, 1.82) is 0 Å². The number of carbonyl (C=O) groups excluding carboxylic acids is 2. The van der Waals surface area contributed by atoms with Crippen LogP contribution in [0, 0.1) is 5.82 Å². The fourth-order valence-corrected chi connectivity index (χ4v) is 1.44. The van der Waals surface area contributed by atoms with E-state index in [-0.39, 0.29) is 17.6 Å². The quantitative estimate of drug-likeness (QED) is 0.435. The second kappa shape index (κ2) is 6.78. The monoisotopic (exact) mass is 238 g/mol. The highest BCUT2D eigenvalue weighted by Gasteiger charge is 2.06. The number of Topliss-reactive ketones (excluding diaryl/α,β-unsaturated/α-hetero) is 1. The van der Waals surface area contributed by atoms with Gasteiger partial charge in [-0.3, -0.25) is 9.59 Å². The van der Waals surface area contributed by atoms with Crippen molar-refractivity contribution in [3.05, 3.63) is 35.6 Å². The van der Waals surface area contributed by atoms with Gasteiger partial charge in [-0.05, 0) is 37.1 Å². The molecular weight excluding hydrogens is 223 g/mol. The van der Waals surface area contributed by atoms with Gasteiger partial charge in [-0.15, -0.1) is 0 Å². The topological polar surface area (TPSA) is 43.4 Å². The summed E-state index contributed by atoms with van der Waals surface area (Å²) in [5, 5.41) is 0. The fourth-order valence-electron chi connectivity index (χ4n) is 1.44. The minimum absolute atomic E-state index is 0.0325. The number of halogens is 1. The van der Waals surface area contributed by atoms with Crippen LogP contribution in [-0.4, -0.2) is 18.9 Å². The molecule has 0 N–H and O–H groups in total. The Morgan fingerprint density at radius 2 is 1.71 bits per heavy atom. The number of hydrogen-bond donors (Lipinski definition) is 0. The summed E-state index contributed by atoms with van der Waals surface area (Å²) >= 11 is 0. The second-order valence-electron chi connectivity index (χ2n) is 3.71. The molecule has 0 heterocycles. The van der Waals surface area contributed by atoms with Crippen LogP contribution >= 0.6 is 0 Å². The molecule has 1 aromatic rings. The molecule has 1 rings (SSSR count). The largest absolute Gasteiger partial charge is 0.469 e. The Hall–Kier alpha value is -1.71. The molecule has 0 saturated heterocycles. The molecule has 0 atom stereocenters. The molecule has 0 spiro atoms. The fraction of sp³-hybridized carbons (Fsp3) is 0.385. The molecule has 0 saturated carbocycles. The van der Waals surface area contributed by atoms with Crippen LogP contribution in [0.1, 0.15) is 36.0 Å². The molecule has 3 nitrogen and oxygen atoms in total. The number of methoxy groups -OCH3 is 1. The van der Waals surface area contributed by atoms with Crippen LogP contribution in [0.4, 0.5) is 4.39 Å². The normalized spacial score (nSPS) is 10.0. The van der Waals surface area contributed by atoms with E-state index in [4.69, 9.17) is 0 Å². The minimum atomic E-state index is -0.354. The van der Waals surface area contributed by atoms with E-state index in [2.05, 4.69) is 4.74 Å². The van der Waals surface area contributed by atoms with Crippen molar-refractivity contribution in [3.63, 3.8) is 0 Å². The predicted molar refractivity (Wildman–Crippen MR) is 61.2 cm³/mol. The van der Waals surface area contributed by atoms with E-state index in [9.17, 15) is 14.0 Å². The van der Waals surface area contributed by atoms with Crippen LogP contribution in [0.5, 0.6) is 0 Å². The maximum Gasteiger partial charge on any atom is 0.305 e. The molecule has 4 heteroatoms. The highest BCUT2D eigenvalue weighted by atomic mass is 19.1. The van der Waals surface area contributed by atoms with Crippen molar-refractivity contribution < 1.29 is 18.7 Å². The van der Waals surface area contributed by atoms with Crippen molar-refractivity contribution in [2.24, 2.45) is 0 Å². The number of benzene rings is 1. The Morgan fingerprint density at radius 1 is 1.12 bits per heavy atom. The number of carbonyl (C=O) groups is 2. The van der Waals surface area contributed by atoms with Gasteiger partial charge in [0.1, 0.15) is 5.82 Å². The van der Waals surface area contributed by atoms with Crippen LogP contribution in [0.15, 0.2) is 24.3 Å². The van der Waals surface area contributed by atoms with E-state index >= 15 is 0 Å². The number of ether oxygens (including phenoxy) is 1. The lowest BCUT2D eigenvalue weighted by atomic mass is 10.0. The van der Waals surface area contributed by atoms with Crippen molar-refractivity contribution in [3.8, 4) is 0 Å². The number of hydrogen-bond acceptors (Lipinski definition) is 3. The summed E-state index contributed by atoms with van der Waals surface area (Å²) in [5.41, 5.74) is 0.504. The molecule has 1 aromatic carbocycles. The first-order valence-corrected chi connectivity index (χ1v) is 5.49. The van der Waals surface area contributed by atoms with Gasteiger partial charge < -0.3 is 4.74 Å². The molecule has 0 aromatic heterocycles. The van der Waals surface area contributed by atoms with Gasteiger partial charge in [0, 0.05) is 18.4 Å². The van der Waals surface area contributed by atoms with Gasteiger partial charge in [-0.1, -0.05) is 0 Å². The highest BCUT2D eigenvalue weighted by molar-refractivity contribution is 5.95. The first-order chi connectivity index (χ1) is 8.13. The third kappa shape index (κ3) is 4.76. The van der Waals surface area contributed by atoms with Gasteiger partial charge in [0.05, 0.1) is 7.11 Å². The van der Waals surface area contributed by atoms with Gasteiger partial charge in [0.15, 0.2) is 5.78 Å². The summed E-state index contributed by atoms with van der Waals surface area (Å²) < 4.78 is 17.1. The van der Waals surface area contributed by atoms with Crippen LogP contribution in [0.25, 0.3) is 0 Å². The summed E-state index contributed by atoms with van der Waals surface area (Å²) in [5.74, 6) is -0.652. The summed E-state index contributed by atoms with van der Waals surface area (Å²) in [6, 6.07) is 5.47. The number of ketones is 1.